The van der Waals surface area contributed by atoms with Crippen molar-refractivity contribution in [2.24, 2.45) is 5.41 Å². The molecule has 2 aliphatic heterocycles. The summed E-state index contributed by atoms with van der Waals surface area (Å²) in [6, 6.07) is -1.33. The van der Waals surface area contributed by atoms with E-state index in [0.29, 0.717) is 13.1 Å². The van der Waals surface area contributed by atoms with E-state index in [1.54, 1.807) is 4.90 Å². The van der Waals surface area contributed by atoms with Crippen LogP contribution >= 0.6 is 0 Å². The van der Waals surface area contributed by atoms with Crippen molar-refractivity contribution in [3.05, 3.63) is 0 Å². The zero-order valence-corrected chi connectivity index (χ0v) is 11.9. The van der Waals surface area contributed by atoms with E-state index in [1.807, 2.05) is 0 Å². The Labute approximate surface area is 117 Å². The molecule has 0 aromatic rings. The van der Waals surface area contributed by atoms with Crippen molar-refractivity contribution in [3.63, 3.8) is 0 Å². The second kappa shape index (κ2) is 5.30. The van der Waals surface area contributed by atoms with Gasteiger partial charge in [0.25, 0.3) is 0 Å². The Hall–Kier alpha value is -1.79. The summed E-state index contributed by atoms with van der Waals surface area (Å²) in [6.45, 7) is 5.17. The molecule has 0 radical (unpaired) electrons. The van der Waals surface area contributed by atoms with E-state index in [2.05, 4.69) is 19.2 Å². The number of nitrogens with one attached hydrogen (secondary N) is 1. The molecule has 7 heteroatoms. The molecule has 2 fully saturated rings. The maximum Gasteiger partial charge on any atom is 0.328 e. The minimum Gasteiger partial charge on any atom is -0.480 e. The number of carbonyl (C=O) groups excluding carboxylic acids is 2. The van der Waals surface area contributed by atoms with Gasteiger partial charge in [-0.3, -0.25) is 9.69 Å². The Balaban J connectivity index is 2.12. The van der Waals surface area contributed by atoms with Crippen LogP contribution in [0.15, 0.2) is 0 Å². The van der Waals surface area contributed by atoms with Crippen LogP contribution in [0.3, 0.4) is 0 Å². The van der Waals surface area contributed by atoms with Gasteiger partial charge in [-0.25, -0.2) is 9.59 Å². The molecule has 112 valence electrons. The van der Waals surface area contributed by atoms with E-state index in [-0.39, 0.29) is 30.4 Å². The van der Waals surface area contributed by atoms with Crippen molar-refractivity contribution in [2.75, 3.05) is 26.2 Å². The van der Waals surface area contributed by atoms with Gasteiger partial charge in [0, 0.05) is 19.6 Å². The first-order chi connectivity index (χ1) is 9.30. The smallest absolute Gasteiger partial charge is 0.328 e. The van der Waals surface area contributed by atoms with E-state index >= 15 is 0 Å². The van der Waals surface area contributed by atoms with E-state index in [0.717, 1.165) is 12.8 Å². The molecule has 20 heavy (non-hydrogen) atoms. The second-order valence-corrected chi connectivity index (χ2v) is 6.26. The van der Waals surface area contributed by atoms with Crippen LogP contribution in [0.5, 0.6) is 0 Å². The number of aliphatic carboxylic acids is 1. The summed E-state index contributed by atoms with van der Waals surface area (Å²) in [5.41, 5.74) is 0.0324. The lowest BCUT2D eigenvalue weighted by atomic mass is 9.84. The third kappa shape index (κ3) is 3.02. The van der Waals surface area contributed by atoms with Gasteiger partial charge in [-0.15, -0.1) is 0 Å². The van der Waals surface area contributed by atoms with Crippen LogP contribution in [0.4, 0.5) is 4.79 Å². The molecule has 7 nitrogen and oxygen atoms in total. The van der Waals surface area contributed by atoms with Gasteiger partial charge < -0.3 is 15.3 Å². The fourth-order valence-corrected chi connectivity index (χ4v) is 2.83. The first-order valence-corrected chi connectivity index (χ1v) is 6.85. The standard InChI is InChI=1S/C13H21N3O4/c1-13(2)4-3-5-15(8-13)12(20)16-7-10(17)14-6-9(16)11(18)19/h9H,3-8H2,1-2H3,(H,14,17)(H,18,19). The molecule has 0 aliphatic carbocycles. The van der Waals surface area contributed by atoms with Gasteiger partial charge >= 0.3 is 12.0 Å². The lowest BCUT2D eigenvalue weighted by Gasteiger charge is -2.42. The fraction of sp³-hybridized carbons (Fsp3) is 0.769. The lowest BCUT2D eigenvalue weighted by molar-refractivity contribution is -0.144. The molecule has 0 aromatic heterocycles. The van der Waals surface area contributed by atoms with Crippen LogP contribution < -0.4 is 5.32 Å². The monoisotopic (exact) mass is 283 g/mol. The number of amides is 3. The zero-order valence-electron chi connectivity index (χ0n) is 11.9. The summed E-state index contributed by atoms with van der Waals surface area (Å²) >= 11 is 0. The summed E-state index contributed by atoms with van der Waals surface area (Å²) in [4.78, 5) is 38.0. The summed E-state index contributed by atoms with van der Waals surface area (Å²) in [7, 11) is 0. The molecule has 1 unspecified atom stereocenters. The minimum absolute atomic E-state index is 0.0306. The van der Waals surface area contributed by atoms with Crippen LogP contribution in [0.1, 0.15) is 26.7 Å². The Bertz CT molecular complexity index is 435. The molecule has 2 rings (SSSR count). The summed E-state index contributed by atoms with van der Waals surface area (Å²) in [5.74, 6) is -1.40. The van der Waals surface area contributed by atoms with E-state index in [4.69, 9.17) is 0 Å². The number of piperazine rings is 1. The molecule has 2 N–H and O–H groups in total. The number of hydrogen-bond acceptors (Lipinski definition) is 3. The molecular weight excluding hydrogens is 262 g/mol. The van der Waals surface area contributed by atoms with Gasteiger partial charge in [0.2, 0.25) is 5.91 Å². The van der Waals surface area contributed by atoms with Gasteiger partial charge in [-0.1, -0.05) is 13.8 Å². The first-order valence-electron chi connectivity index (χ1n) is 6.85. The van der Waals surface area contributed by atoms with Crippen LogP contribution in [0, 0.1) is 5.41 Å². The van der Waals surface area contributed by atoms with Crippen LogP contribution in [-0.4, -0.2) is 65.0 Å². The molecule has 0 bridgehead atoms. The number of carboxylic acid groups (broad SMARTS) is 1. The van der Waals surface area contributed by atoms with Crippen molar-refractivity contribution in [1.82, 2.24) is 15.1 Å². The maximum atomic E-state index is 12.5. The Morgan fingerprint density at radius 1 is 1.40 bits per heavy atom. The number of carbonyl (C=O) groups is 3. The quantitative estimate of drug-likeness (QED) is 0.715. The molecular formula is C13H21N3O4. The van der Waals surface area contributed by atoms with Gasteiger partial charge in [0.05, 0.1) is 0 Å². The summed E-state index contributed by atoms with van der Waals surface area (Å²) in [6.07, 6.45) is 1.94. The minimum atomic E-state index is -1.09. The summed E-state index contributed by atoms with van der Waals surface area (Å²) in [5, 5.41) is 11.7. The molecule has 0 aromatic carbocycles. The third-order valence-electron chi connectivity index (χ3n) is 3.88. The predicted molar refractivity (Wildman–Crippen MR) is 71.1 cm³/mol. The van der Waals surface area contributed by atoms with Crippen molar-refractivity contribution in [2.45, 2.75) is 32.7 Å². The number of carboxylic acids is 1. The normalized spacial score (nSPS) is 26.1. The Morgan fingerprint density at radius 2 is 2.10 bits per heavy atom. The SMILES string of the molecule is CC1(C)CCCN(C(=O)N2CC(=O)NCC2C(=O)O)C1. The van der Waals surface area contributed by atoms with Crippen molar-refractivity contribution in [1.29, 1.82) is 0 Å². The molecule has 3 amide bonds. The molecule has 2 heterocycles. The highest BCUT2D eigenvalue weighted by Crippen LogP contribution is 2.29. The highest BCUT2D eigenvalue weighted by atomic mass is 16.4. The fourth-order valence-electron chi connectivity index (χ4n) is 2.83. The molecule has 2 saturated heterocycles. The maximum absolute atomic E-state index is 12.5. The van der Waals surface area contributed by atoms with Crippen molar-refractivity contribution < 1.29 is 19.5 Å². The zero-order chi connectivity index (χ0) is 14.9. The first kappa shape index (κ1) is 14.6. The van der Waals surface area contributed by atoms with E-state index < -0.39 is 12.0 Å². The molecule has 0 spiro atoms. The van der Waals surface area contributed by atoms with Gasteiger partial charge in [-0.05, 0) is 18.3 Å². The van der Waals surface area contributed by atoms with Gasteiger partial charge in [0.15, 0.2) is 0 Å². The van der Waals surface area contributed by atoms with E-state index in [1.165, 1.54) is 4.90 Å². The number of piperidine rings is 1. The molecule has 2 aliphatic rings. The van der Waals surface area contributed by atoms with Crippen molar-refractivity contribution in [3.8, 4) is 0 Å². The molecule has 1 atom stereocenters. The van der Waals surface area contributed by atoms with Crippen LogP contribution in [0.25, 0.3) is 0 Å². The lowest BCUT2D eigenvalue weighted by Crippen LogP contribution is -2.62. The van der Waals surface area contributed by atoms with Gasteiger partial charge in [0.1, 0.15) is 12.6 Å². The van der Waals surface area contributed by atoms with E-state index in [9.17, 15) is 19.5 Å². The number of nitrogens with zero attached hydrogens (tertiary/aromatic N) is 2. The number of likely N-dealkylation sites (tertiary alicyclic amines) is 1. The number of rotatable bonds is 1. The largest absolute Gasteiger partial charge is 0.480 e. The average Bonchev–Trinajstić information content (AvgIpc) is 2.36. The molecule has 0 saturated carbocycles. The second-order valence-electron chi connectivity index (χ2n) is 6.26. The third-order valence-corrected chi connectivity index (χ3v) is 3.88. The van der Waals surface area contributed by atoms with Crippen LogP contribution in [0.2, 0.25) is 0 Å². The Kier molecular flexibility index (Phi) is 3.87. The van der Waals surface area contributed by atoms with Crippen LogP contribution in [-0.2, 0) is 9.59 Å². The topological polar surface area (TPSA) is 90.0 Å². The van der Waals surface area contributed by atoms with Crippen molar-refractivity contribution >= 4 is 17.9 Å². The van der Waals surface area contributed by atoms with Gasteiger partial charge in [-0.2, -0.15) is 0 Å². The highest BCUT2D eigenvalue weighted by Gasteiger charge is 2.39. The number of hydrogen-bond donors (Lipinski definition) is 2. The predicted octanol–water partition coefficient (Wildman–Crippen LogP) is 0.113. The highest BCUT2D eigenvalue weighted by molar-refractivity contribution is 5.90. The summed E-state index contributed by atoms with van der Waals surface area (Å²) < 4.78 is 0. The number of urea groups is 1. The Morgan fingerprint density at radius 3 is 2.70 bits per heavy atom. The average molecular weight is 283 g/mol.